The Morgan fingerprint density at radius 2 is 2.13 bits per heavy atom. The van der Waals surface area contributed by atoms with Gasteiger partial charge in [0.25, 0.3) is 0 Å². The van der Waals surface area contributed by atoms with Crippen LogP contribution in [0.2, 0.25) is 10.0 Å². The van der Waals surface area contributed by atoms with E-state index in [0.29, 0.717) is 28.2 Å². The minimum Gasteiger partial charge on any atom is -0.361 e. The molecule has 1 rings (SSSR count). The molecular weight excluding hydrogens is 253 g/mol. The molecular formula is C9H11Cl2N3S. The Balaban J connectivity index is 2.60. The van der Waals surface area contributed by atoms with Gasteiger partial charge < -0.3 is 16.4 Å². The van der Waals surface area contributed by atoms with E-state index in [2.05, 4.69) is 10.6 Å². The molecule has 0 radical (unpaired) electrons. The van der Waals surface area contributed by atoms with Crippen LogP contribution in [0.15, 0.2) is 18.2 Å². The van der Waals surface area contributed by atoms with E-state index in [4.69, 9.17) is 41.2 Å². The molecule has 0 aliphatic rings. The molecule has 0 aromatic heterocycles. The van der Waals surface area contributed by atoms with Crippen molar-refractivity contribution in [1.82, 2.24) is 5.32 Å². The van der Waals surface area contributed by atoms with E-state index in [1.54, 1.807) is 18.2 Å². The fourth-order valence-corrected chi connectivity index (χ4v) is 1.61. The molecule has 3 nitrogen and oxygen atoms in total. The van der Waals surface area contributed by atoms with Gasteiger partial charge in [0.15, 0.2) is 5.11 Å². The van der Waals surface area contributed by atoms with Crippen LogP contribution in [-0.4, -0.2) is 18.2 Å². The molecule has 6 heteroatoms. The standard InChI is InChI=1S/C9H11Cl2N3S/c10-6-1-2-8(7(11)5-6)14-9(15)13-4-3-12/h1-2,5H,3-4,12H2,(H2,13,14,15). The van der Waals surface area contributed by atoms with Gasteiger partial charge >= 0.3 is 0 Å². The third-order valence-electron chi connectivity index (χ3n) is 1.61. The number of halogens is 2. The van der Waals surface area contributed by atoms with E-state index < -0.39 is 0 Å². The summed E-state index contributed by atoms with van der Waals surface area (Å²) in [5, 5.41) is 7.48. The number of hydrogen-bond acceptors (Lipinski definition) is 2. The van der Waals surface area contributed by atoms with Crippen LogP contribution in [0.5, 0.6) is 0 Å². The van der Waals surface area contributed by atoms with Crippen molar-refractivity contribution in [2.45, 2.75) is 0 Å². The van der Waals surface area contributed by atoms with Crippen molar-refractivity contribution in [1.29, 1.82) is 0 Å². The molecule has 0 fully saturated rings. The van der Waals surface area contributed by atoms with E-state index in [1.807, 2.05) is 0 Å². The number of nitrogens with two attached hydrogens (primary N) is 1. The van der Waals surface area contributed by atoms with E-state index in [9.17, 15) is 0 Å². The number of anilines is 1. The van der Waals surface area contributed by atoms with Crippen molar-refractivity contribution in [2.24, 2.45) is 5.73 Å². The van der Waals surface area contributed by atoms with Crippen LogP contribution in [0.25, 0.3) is 0 Å². The van der Waals surface area contributed by atoms with Crippen LogP contribution in [0.3, 0.4) is 0 Å². The molecule has 15 heavy (non-hydrogen) atoms. The third kappa shape index (κ3) is 4.22. The minimum atomic E-state index is 0.490. The second kappa shape index (κ2) is 6.12. The van der Waals surface area contributed by atoms with E-state index >= 15 is 0 Å². The Bertz CT molecular complexity index is 357. The van der Waals surface area contributed by atoms with Crippen LogP contribution in [0.4, 0.5) is 5.69 Å². The fourth-order valence-electron chi connectivity index (χ4n) is 0.943. The van der Waals surface area contributed by atoms with Gasteiger partial charge in [0, 0.05) is 18.1 Å². The summed E-state index contributed by atoms with van der Waals surface area (Å²) in [6.45, 7) is 1.15. The van der Waals surface area contributed by atoms with Gasteiger partial charge in [0.2, 0.25) is 0 Å². The molecule has 0 atom stereocenters. The molecule has 0 heterocycles. The van der Waals surface area contributed by atoms with E-state index in [0.717, 1.165) is 5.69 Å². The highest BCUT2D eigenvalue weighted by atomic mass is 35.5. The van der Waals surface area contributed by atoms with Crippen molar-refractivity contribution in [3.8, 4) is 0 Å². The average Bonchev–Trinajstić information content (AvgIpc) is 2.19. The lowest BCUT2D eigenvalue weighted by Gasteiger charge is -2.10. The van der Waals surface area contributed by atoms with Crippen molar-refractivity contribution >= 4 is 46.2 Å². The van der Waals surface area contributed by atoms with E-state index in [-0.39, 0.29) is 0 Å². The Kier molecular flexibility index (Phi) is 5.11. The molecule has 1 aromatic rings. The SMILES string of the molecule is NCCNC(=S)Nc1ccc(Cl)cc1Cl. The zero-order valence-electron chi connectivity index (χ0n) is 7.89. The van der Waals surface area contributed by atoms with Crippen molar-refractivity contribution in [2.75, 3.05) is 18.4 Å². The molecule has 0 spiro atoms. The Morgan fingerprint density at radius 3 is 2.73 bits per heavy atom. The number of hydrogen-bond donors (Lipinski definition) is 3. The Labute approximate surface area is 104 Å². The Morgan fingerprint density at radius 1 is 1.40 bits per heavy atom. The second-order valence-electron chi connectivity index (χ2n) is 2.79. The molecule has 1 aromatic carbocycles. The monoisotopic (exact) mass is 263 g/mol. The van der Waals surface area contributed by atoms with Gasteiger partial charge in [-0.1, -0.05) is 23.2 Å². The van der Waals surface area contributed by atoms with Crippen molar-refractivity contribution in [3.05, 3.63) is 28.2 Å². The lowest BCUT2D eigenvalue weighted by atomic mass is 10.3. The highest BCUT2D eigenvalue weighted by Crippen LogP contribution is 2.25. The highest BCUT2D eigenvalue weighted by molar-refractivity contribution is 7.80. The summed E-state index contributed by atoms with van der Waals surface area (Å²) in [6.07, 6.45) is 0. The van der Waals surface area contributed by atoms with Crippen molar-refractivity contribution < 1.29 is 0 Å². The smallest absolute Gasteiger partial charge is 0.170 e. The van der Waals surface area contributed by atoms with Crippen LogP contribution in [-0.2, 0) is 0 Å². The van der Waals surface area contributed by atoms with Gasteiger partial charge in [-0.05, 0) is 30.4 Å². The number of thiocarbonyl (C=S) groups is 1. The zero-order valence-corrected chi connectivity index (χ0v) is 10.2. The molecule has 0 bridgehead atoms. The predicted molar refractivity (Wildman–Crippen MR) is 69.7 cm³/mol. The quantitative estimate of drug-likeness (QED) is 0.733. The van der Waals surface area contributed by atoms with Crippen LogP contribution >= 0.6 is 35.4 Å². The maximum Gasteiger partial charge on any atom is 0.170 e. The van der Waals surface area contributed by atoms with Crippen LogP contribution in [0.1, 0.15) is 0 Å². The summed E-state index contributed by atoms with van der Waals surface area (Å²) in [7, 11) is 0. The molecule has 4 N–H and O–H groups in total. The molecule has 82 valence electrons. The summed E-state index contributed by atoms with van der Waals surface area (Å²) in [6, 6.07) is 5.15. The predicted octanol–water partition coefficient (Wildman–Crippen LogP) is 2.24. The summed E-state index contributed by atoms with van der Waals surface area (Å²) in [5.74, 6) is 0. The topological polar surface area (TPSA) is 50.1 Å². The number of nitrogens with one attached hydrogen (secondary N) is 2. The van der Waals surface area contributed by atoms with Gasteiger partial charge in [-0.25, -0.2) is 0 Å². The van der Waals surface area contributed by atoms with Gasteiger partial charge in [-0.3, -0.25) is 0 Å². The minimum absolute atomic E-state index is 0.490. The highest BCUT2D eigenvalue weighted by Gasteiger charge is 2.02. The molecule has 0 unspecified atom stereocenters. The second-order valence-corrected chi connectivity index (χ2v) is 4.05. The van der Waals surface area contributed by atoms with Crippen LogP contribution in [0, 0.1) is 0 Å². The molecule has 0 saturated heterocycles. The van der Waals surface area contributed by atoms with Crippen LogP contribution < -0.4 is 16.4 Å². The summed E-state index contributed by atoms with van der Waals surface area (Å²) >= 11 is 16.7. The Hall–Kier alpha value is -0.550. The van der Waals surface area contributed by atoms with Gasteiger partial charge in [0.05, 0.1) is 10.7 Å². The van der Waals surface area contributed by atoms with Crippen molar-refractivity contribution in [3.63, 3.8) is 0 Å². The molecule has 0 aliphatic carbocycles. The summed E-state index contributed by atoms with van der Waals surface area (Å²) < 4.78 is 0. The summed E-state index contributed by atoms with van der Waals surface area (Å²) in [4.78, 5) is 0. The number of benzene rings is 1. The van der Waals surface area contributed by atoms with E-state index in [1.165, 1.54) is 0 Å². The normalized spacial score (nSPS) is 9.80. The summed E-state index contributed by atoms with van der Waals surface area (Å²) in [5.41, 5.74) is 6.04. The lowest BCUT2D eigenvalue weighted by Crippen LogP contribution is -2.32. The average molecular weight is 264 g/mol. The molecule has 0 amide bonds. The van der Waals surface area contributed by atoms with Gasteiger partial charge in [-0.15, -0.1) is 0 Å². The van der Waals surface area contributed by atoms with Gasteiger partial charge in [-0.2, -0.15) is 0 Å². The fraction of sp³-hybridized carbons (Fsp3) is 0.222. The molecule has 0 saturated carbocycles. The maximum absolute atomic E-state index is 5.95. The van der Waals surface area contributed by atoms with Gasteiger partial charge in [0.1, 0.15) is 0 Å². The number of rotatable bonds is 3. The largest absolute Gasteiger partial charge is 0.361 e. The lowest BCUT2D eigenvalue weighted by molar-refractivity contribution is 0.883. The first-order valence-electron chi connectivity index (χ1n) is 4.33. The zero-order chi connectivity index (χ0) is 11.3. The third-order valence-corrected chi connectivity index (χ3v) is 2.40. The maximum atomic E-state index is 5.95. The first-order chi connectivity index (χ1) is 7.13. The molecule has 0 aliphatic heterocycles. The first-order valence-corrected chi connectivity index (χ1v) is 5.50. The first kappa shape index (κ1) is 12.5.